The summed E-state index contributed by atoms with van der Waals surface area (Å²) in [5.41, 5.74) is 7.72. The van der Waals surface area contributed by atoms with Crippen molar-refractivity contribution in [3.05, 3.63) is 70.6 Å². The average molecular weight is 454 g/mol. The number of carbonyl (C=O) groups is 2. The zero-order valence-corrected chi connectivity index (χ0v) is 18.3. The van der Waals surface area contributed by atoms with Gasteiger partial charge in [0.25, 0.3) is 0 Å². The van der Waals surface area contributed by atoms with Crippen LogP contribution in [-0.2, 0) is 17.8 Å². The molecule has 2 aromatic carbocycles. The molecular weight excluding hydrogens is 430 g/mol. The second-order valence-corrected chi connectivity index (χ2v) is 8.17. The van der Waals surface area contributed by atoms with E-state index < -0.39 is 5.91 Å². The molecule has 9 heteroatoms. The van der Waals surface area contributed by atoms with Crippen molar-refractivity contribution in [3.8, 4) is 11.4 Å². The van der Waals surface area contributed by atoms with Crippen LogP contribution >= 0.6 is 11.6 Å². The Labute approximate surface area is 190 Å². The average Bonchev–Trinajstić information content (AvgIpc) is 3.28. The predicted octanol–water partition coefficient (Wildman–Crippen LogP) is 2.77. The van der Waals surface area contributed by atoms with Crippen molar-refractivity contribution in [1.29, 1.82) is 0 Å². The van der Waals surface area contributed by atoms with Gasteiger partial charge in [-0.05, 0) is 42.0 Å². The topological polar surface area (TPSA) is 106 Å². The third-order valence-corrected chi connectivity index (χ3v) is 5.74. The van der Waals surface area contributed by atoms with Crippen molar-refractivity contribution in [1.82, 2.24) is 19.9 Å². The normalized spacial score (nSPS) is 14.5. The first-order valence-electron chi connectivity index (χ1n) is 10.5. The number of nitrogens with two attached hydrogens (primary N) is 1. The molecule has 2 N–H and O–H groups in total. The summed E-state index contributed by atoms with van der Waals surface area (Å²) < 4.78 is 5.29. The molecule has 1 aliphatic rings. The molecule has 0 radical (unpaired) electrons. The molecule has 0 spiro atoms. The summed E-state index contributed by atoms with van der Waals surface area (Å²) in [7, 11) is 0. The number of amides is 2. The third kappa shape index (κ3) is 5.52. The minimum atomic E-state index is -0.426. The highest BCUT2D eigenvalue weighted by Gasteiger charge is 2.22. The van der Waals surface area contributed by atoms with Gasteiger partial charge in [-0.25, -0.2) is 0 Å². The molecule has 32 heavy (non-hydrogen) atoms. The van der Waals surface area contributed by atoms with Gasteiger partial charge >= 0.3 is 0 Å². The standard InChI is InChI=1S/C23H24ClN5O3/c24-19-7-5-18(6-8-19)23-26-20(32-27-23)9-10-21(30)29-13-11-28(12-14-29)15-16-1-3-17(4-2-16)22(25)31/h1-8H,9-15H2,(H2,25,31). The fraction of sp³-hybridized carbons (Fsp3) is 0.304. The Morgan fingerprint density at radius 3 is 2.34 bits per heavy atom. The zero-order valence-electron chi connectivity index (χ0n) is 17.5. The van der Waals surface area contributed by atoms with Crippen molar-refractivity contribution in [3.63, 3.8) is 0 Å². The van der Waals surface area contributed by atoms with E-state index in [1.54, 1.807) is 24.3 Å². The molecule has 3 aromatic rings. The van der Waals surface area contributed by atoms with Crippen molar-refractivity contribution in [2.75, 3.05) is 26.2 Å². The molecule has 0 saturated carbocycles. The van der Waals surface area contributed by atoms with Crippen LogP contribution in [0, 0.1) is 0 Å². The first-order valence-corrected chi connectivity index (χ1v) is 10.8. The highest BCUT2D eigenvalue weighted by molar-refractivity contribution is 6.30. The Bertz CT molecular complexity index is 1070. The van der Waals surface area contributed by atoms with Gasteiger partial charge in [0, 0.05) is 61.7 Å². The van der Waals surface area contributed by atoms with E-state index in [9.17, 15) is 9.59 Å². The van der Waals surface area contributed by atoms with Crippen LogP contribution in [0.3, 0.4) is 0 Å². The van der Waals surface area contributed by atoms with Gasteiger partial charge in [-0.3, -0.25) is 14.5 Å². The number of hydrogen-bond acceptors (Lipinski definition) is 6. The van der Waals surface area contributed by atoms with E-state index in [0.29, 0.717) is 48.2 Å². The van der Waals surface area contributed by atoms with Gasteiger partial charge in [0.2, 0.25) is 23.5 Å². The van der Waals surface area contributed by atoms with Crippen LogP contribution < -0.4 is 5.73 Å². The summed E-state index contributed by atoms with van der Waals surface area (Å²) in [6.45, 7) is 3.72. The van der Waals surface area contributed by atoms with E-state index in [-0.39, 0.29) is 5.91 Å². The summed E-state index contributed by atoms with van der Waals surface area (Å²) >= 11 is 5.90. The molecule has 2 heterocycles. The smallest absolute Gasteiger partial charge is 0.248 e. The maximum atomic E-state index is 12.6. The number of benzene rings is 2. The highest BCUT2D eigenvalue weighted by Crippen LogP contribution is 2.19. The molecule has 1 saturated heterocycles. The molecule has 1 fully saturated rings. The Hall–Kier alpha value is -3.23. The molecular formula is C23H24ClN5O3. The van der Waals surface area contributed by atoms with Crippen LogP contribution in [-0.4, -0.2) is 57.9 Å². The largest absolute Gasteiger partial charge is 0.366 e. The summed E-state index contributed by atoms with van der Waals surface area (Å²) in [5.74, 6) is 0.593. The van der Waals surface area contributed by atoms with E-state index in [2.05, 4.69) is 15.0 Å². The lowest BCUT2D eigenvalue weighted by molar-refractivity contribution is -0.133. The third-order valence-electron chi connectivity index (χ3n) is 5.49. The van der Waals surface area contributed by atoms with Crippen molar-refractivity contribution < 1.29 is 14.1 Å². The van der Waals surface area contributed by atoms with Gasteiger partial charge in [-0.1, -0.05) is 28.9 Å². The maximum absolute atomic E-state index is 12.6. The summed E-state index contributed by atoms with van der Waals surface area (Å²) in [4.78, 5) is 32.3. The van der Waals surface area contributed by atoms with Crippen LogP contribution in [0.15, 0.2) is 53.1 Å². The van der Waals surface area contributed by atoms with Crippen molar-refractivity contribution in [2.45, 2.75) is 19.4 Å². The first-order chi connectivity index (χ1) is 15.5. The summed E-state index contributed by atoms with van der Waals surface area (Å²) in [6.07, 6.45) is 0.739. The molecule has 2 amide bonds. The molecule has 8 nitrogen and oxygen atoms in total. The number of hydrogen-bond donors (Lipinski definition) is 1. The van der Waals surface area contributed by atoms with Gasteiger partial charge in [0.05, 0.1) is 0 Å². The fourth-order valence-corrected chi connectivity index (χ4v) is 3.76. The molecule has 166 valence electrons. The molecule has 0 atom stereocenters. The zero-order chi connectivity index (χ0) is 22.5. The SMILES string of the molecule is NC(=O)c1ccc(CN2CCN(C(=O)CCc3nc(-c4ccc(Cl)cc4)no3)CC2)cc1. The lowest BCUT2D eigenvalue weighted by Crippen LogP contribution is -2.48. The maximum Gasteiger partial charge on any atom is 0.248 e. The van der Waals surface area contributed by atoms with E-state index in [0.717, 1.165) is 30.8 Å². The lowest BCUT2D eigenvalue weighted by atomic mass is 10.1. The Morgan fingerprint density at radius 2 is 1.69 bits per heavy atom. The molecule has 0 bridgehead atoms. The van der Waals surface area contributed by atoms with Crippen LogP contribution in [0.2, 0.25) is 5.02 Å². The van der Waals surface area contributed by atoms with Gasteiger partial charge in [-0.15, -0.1) is 0 Å². The fourth-order valence-electron chi connectivity index (χ4n) is 3.63. The van der Waals surface area contributed by atoms with Crippen LogP contribution in [0.1, 0.15) is 28.2 Å². The van der Waals surface area contributed by atoms with Crippen molar-refractivity contribution >= 4 is 23.4 Å². The number of rotatable bonds is 7. The highest BCUT2D eigenvalue weighted by atomic mass is 35.5. The van der Waals surface area contributed by atoms with E-state index >= 15 is 0 Å². The first kappa shape index (κ1) is 22.0. The second kappa shape index (κ2) is 9.93. The molecule has 0 aliphatic carbocycles. The summed E-state index contributed by atoms with van der Waals surface area (Å²) in [5, 5.41) is 4.63. The van der Waals surface area contributed by atoms with Gasteiger partial charge in [-0.2, -0.15) is 4.98 Å². The Morgan fingerprint density at radius 1 is 1.00 bits per heavy atom. The van der Waals surface area contributed by atoms with Gasteiger partial charge in [0.1, 0.15) is 0 Å². The molecule has 0 unspecified atom stereocenters. The number of aromatic nitrogens is 2. The lowest BCUT2D eigenvalue weighted by Gasteiger charge is -2.34. The Balaban J connectivity index is 1.22. The van der Waals surface area contributed by atoms with Gasteiger partial charge in [0.15, 0.2) is 0 Å². The van der Waals surface area contributed by atoms with Crippen LogP contribution in [0.25, 0.3) is 11.4 Å². The van der Waals surface area contributed by atoms with Crippen LogP contribution in [0.4, 0.5) is 0 Å². The minimum Gasteiger partial charge on any atom is -0.366 e. The van der Waals surface area contributed by atoms with E-state index in [1.807, 2.05) is 29.2 Å². The number of primary amides is 1. The minimum absolute atomic E-state index is 0.0849. The molecule has 1 aromatic heterocycles. The van der Waals surface area contributed by atoms with Gasteiger partial charge < -0.3 is 15.2 Å². The molecule has 4 rings (SSSR count). The molecule has 1 aliphatic heterocycles. The quantitative estimate of drug-likeness (QED) is 0.589. The number of piperazine rings is 1. The number of carbonyl (C=O) groups excluding carboxylic acids is 2. The Kier molecular flexibility index (Phi) is 6.82. The monoisotopic (exact) mass is 453 g/mol. The number of aryl methyl sites for hydroxylation is 1. The predicted molar refractivity (Wildman–Crippen MR) is 120 cm³/mol. The number of halogens is 1. The van der Waals surface area contributed by atoms with Crippen molar-refractivity contribution in [2.24, 2.45) is 5.73 Å². The van der Waals surface area contributed by atoms with E-state index in [1.165, 1.54) is 0 Å². The summed E-state index contributed by atoms with van der Waals surface area (Å²) in [6, 6.07) is 14.5. The number of nitrogens with zero attached hydrogens (tertiary/aromatic N) is 4. The van der Waals surface area contributed by atoms with E-state index in [4.69, 9.17) is 21.9 Å². The van der Waals surface area contributed by atoms with Crippen LogP contribution in [0.5, 0.6) is 0 Å². The second-order valence-electron chi connectivity index (χ2n) is 7.74.